The minimum absolute atomic E-state index is 0.0430. The standard InChI is InChI=1S/C12H11ClN2O2/c1-14-6-7-15(12(14)17)8-11(16)9-2-4-10(13)5-3-9/h2-7H,8H2,1H3. The molecule has 2 aromatic rings. The molecule has 0 atom stereocenters. The van der Waals surface area contributed by atoms with Crippen molar-refractivity contribution in [3.63, 3.8) is 0 Å². The molecule has 0 aliphatic heterocycles. The van der Waals surface area contributed by atoms with E-state index in [9.17, 15) is 9.59 Å². The Bertz CT molecular complexity index is 596. The van der Waals surface area contributed by atoms with E-state index in [0.29, 0.717) is 10.6 Å². The van der Waals surface area contributed by atoms with Gasteiger partial charge in [0.1, 0.15) is 0 Å². The first-order chi connectivity index (χ1) is 8.08. The Hall–Kier alpha value is -1.81. The van der Waals surface area contributed by atoms with Gasteiger partial charge in [0.15, 0.2) is 5.78 Å². The minimum atomic E-state index is -0.202. The fraction of sp³-hybridized carbons (Fsp3) is 0.167. The normalized spacial score (nSPS) is 10.5. The lowest BCUT2D eigenvalue weighted by atomic mass is 10.1. The van der Waals surface area contributed by atoms with Crippen molar-refractivity contribution in [1.29, 1.82) is 0 Å². The second-order valence-electron chi connectivity index (χ2n) is 3.75. The molecule has 0 N–H and O–H groups in total. The van der Waals surface area contributed by atoms with Gasteiger partial charge in [-0.15, -0.1) is 0 Å². The zero-order chi connectivity index (χ0) is 12.4. The number of rotatable bonds is 3. The molecule has 0 saturated heterocycles. The number of carbonyl (C=O) groups excluding carboxylic acids is 1. The Balaban J connectivity index is 2.20. The number of aryl methyl sites for hydroxylation is 1. The van der Waals surface area contributed by atoms with E-state index in [2.05, 4.69) is 0 Å². The van der Waals surface area contributed by atoms with Crippen LogP contribution in [0.2, 0.25) is 5.02 Å². The van der Waals surface area contributed by atoms with Crippen LogP contribution in [0.4, 0.5) is 0 Å². The summed E-state index contributed by atoms with van der Waals surface area (Å²) in [6, 6.07) is 6.61. The molecule has 0 unspecified atom stereocenters. The largest absolute Gasteiger partial charge is 0.328 e. The highest BCUT2D eigenvalue weighted by Gasteiger charge is 2.08. The van der Waals surface area contributed by atoms with Crippen molar-refractivity contribution in [3.8, 4) is 0 Å². The Labute approximate surface area is 103 Å². The number of nitrogens with zero attached hydrogens (tertiary/aromatic N) is 2. The summed E-state index contributed by atoms with van der Waals surface area (Å²) in [4.78, 5) is 23.4. The maximum Gasteiger partial charge on any atom is 0.328 e. The van der Waals surface area contributed by atoms with Gasteiger partial charge in [0.2, 0.25) is 0 Å². The molecule has 0 bridgehead atoms. The molecule has 88 valence electrons. The Morgan fingerprint density at radius 2 is 1.88 bits per heavy atom. The van der Waals surface area contributed by atoms with Crippen LogP contribution in [-0.2, 0) is 13.6 Å². The zero-order valence-electron chi connectivity index (χ0n) is 9.26. The van der Waals surface area contributed by atoms with Crippen LogP contribution in [0.1, 0.15) is 10.4 Å². The molecular formula is C12H11ClN2O2. The molecule has 1 heterocycles. The highest BCUT2D eigenvalue weighted by atomic mass is 35.5. The summed E-state index contributed by atoms with van der Waals surface area (Å²) in [5.41, 5.74) is 0.345. The van der Waals surface area contributed by atoms with Gasteiger partial charge in [-0.05, 0) is 24.3 Å². The number of hydrogen-bond acceptors (Lipinski definition) is 2. The van der Waals surface area contributed by atoms with Crippen LogP contribution in [0.15, 0.2) is 41.5 Å². The van der Waals surface area contributed by atoms with Gasteiger partial charge >= 0.3 is 5.69 Å². The Morgan fingerprint density at radius 3 is 2.41 bits per heavy atom. The van der Waals surface area contributed by atoms with Crippen molar-refractivity contribution < 1.29 is 4.79 Å². The van der Waals surface area contributed by atoms with Crippen molar-refractivity contribution in [3.05, 3.63) is 57.7 Å². The quantitative estimate of drug-likeness (QED) is 0.779. The third kappa shape index (κ3) is 2.47. The lowest BCUT2D eigenvalue weighted by Crippen LogP contribution is -2.25. The van der Waals surface area contributed by atoms with E-state index in [1.165, 1.54) is 9.13 Å². The Morgan fingerprint density at radius 1 is 1.24 bits per heavy atom. The van der Waals surface area contributed by atoms with Crippen LogP contribution in [0.5, 0.6) is 0 Å². The smallest absolute Gasteiger partial charge is 0.302 e. The molecule has 0 amide bonds. The van der Waals surface area contributed by atoms with Crippen molar-refractivity contribution >= 4 is 17.4 Å². The van der Waals surface area contributed by atoms with E-state index in [-0.39, 0.29) is 18.0 Å². The summed E-state index contributed by atoms with van der Waals surface area (Å²) in [5.74, 6) is -0.116. The summed E-state index contributed by atoms with van der Waals surface area (Å²) in [6.45, 7) is 0.0430. The van der Waals surface area contributed by atoms with Gasteiger partial charge in [-0.25, -0.2) is 4.79 Å². The number of imidazole rings is 1. The van der Waals surface area contributed by atoms with Gasteiger partial charge in [-0.2, -0.15) is 0 Å². The van der Waals surface area contributed by atoms with E-state index in [0.717, 1.165) is 0 Å². The van der Waals surface area contributed by atoms with E-state index < -0.39 is 0 Å². The molecule has 17 heavy (non-hydrogen) atoms. The zero-order valence-corrected chi connectivity index (χ0v) is 10.0. The first kappa shape index (κ1) is 11.7. The lowest BCUT2D eigenvalue weighted by Gasteiger charge is -2.01. The molecule has 4 nitrogen and oxygen atoms in total. The second-order valence-corrected chi connectivity index (χ2v) is 4.19. The van der Waals surface area contributed by atoms with Crippen LogP contribution in [0, 0.1) is 0 Å². The van der Waals surface area contributed by atoms with Crippen molar-refractivity contribution in [2.75, 3.05) is 0 Å². The summed E-state index contributed by atoms with van der Waals surface area (Å²) >= 11 is 5.74. The first-order valence-corrected chi connectivity index (χ1v) is 5.46. The summed E-state index contributed by atoms with van der Waals surface area (Å²) < 4.78 is 2.80. The molecule has 2 rings (SSSR count). The highest BCUT2D eigenvalue weighted by molar-refractivity contribution is 6.30. The van der Waals surface area contributed by atoms with Crippen LogP contribution in [-0.4, -0.2) is 14.9 Å². The molecule has 0 fully saturated rings. The number of ketones is 1. The predicted octanol–water partition coefficient (Wildman–Crippen LogP) is 1.72. The van der Waals surface area contributed by atoms with Crippen LogP contribution in [0.3, 0.4) is 0 Å². The Kier molecular flexibility index (Phi) is 3.15. The third-order valence-corrected chi connectivity index (χ3v) is 2.75. The van der Waals surface area contributed by atoms with E-state index in [4.69, 9.17) is 11.6 Å². The second kappa shape index (κ2) is 4.59. The molecule has 1 aromatic carbocycles. The SMILES string of the molecule is Cn1ccn(CC(=O)c2ccc(Cl)cc2)c1=O. The highest BCUT2D eigenvalue weighted by Crippen LogP contribution is 2.10. The molecule has 0 spiro atoms. The number of Topliss-reactive ketones (excluding diaryl/α,β-unsaturated/α-hetero) is 1. The summed E-state index contributed by atoms with van der Waals surface area (Å²) in [7, 11) is 1.64. The molecule has 0 aliphatic carbocycles. The monoisotopic (exact) mass is 250 g/mol. The molecule has 0 aliphatic rings. The maximum atomic E-state index is 11.9. The number of carbonyl (C=O) groups is 1. The topological polar surface area (TPSA) is 44.0 Å². The first-order valence-electron chi connectivity index (χ1n) is 5.08. The molecule has 0 saturated carbocycles. The van der Waals surface area contributed by atoms with Gasteiger partial charge in [0.05, 0.1) is 6.54 Å². The number of hydrogen-bond donors (Lipinski definition) is 0. The van der Waals surface area contributed by atoms with Gasteiger partial charge in [0.25, 0.3) is 0 Å². The molecule has 5 heteroatoms. The number of benzene rings is 1. The lowest BCUT2D eigenvalue weighted by molar-refractivity contribution is 0.0971. The van der Waals surface area contributed by atoms with Gasteiger partial charge in [-0.1, -0.05) is 11.6 Å². The average Bonchev–Trinajstić information content (AvgIpc) is 2.62. The van der Waals surface area contributed by atoms with E-state index in [1.54, 1.807) is 43.7 Å². The summed E-state index contributed by atoms with van der Waals surface area (Å²) in [6.07, 6.45) is 3.22. The third-order valence-electron chi connectivity index (χ3n) is 2.50. The van der Waals surface area contributed by atoms with Gasteiger partial charge < -0.3 is 4.57 Å². The van der Waals surface area contributed by atoms with Gasteiger partial charge in [0, 0.05) is 30.0 Å². The van der Waals surface area contributed by atoms with Crippen molar-refractivity contribution in [1.82, 2.24) is 9.13 Å². The number of aromatic nitrogens is 2. The fourth-order valence-corrected chi connectivity index (χ4v) is 1.64. The van der Waals surface area contributed by atoms with Crippen molar-refractivity contribution in [2.24, 2.45) is 7.05 Å². The van der Waals surface area contributed by atoms with Crippen LogP contribution >= 0.6 is 11.6 Å². The fourth-order valence-electron chi connectivity index (χ4n) is 1.51. The predicted molar refractivity (Wildman–Crippen MR) is 65.5 cm³/mol. The molecular weight excluding hydrogens is 240 g/mol. The number of halogens is 1. The maximum absolute atomic E-state index is 11.9. The summed E-state index contributed by atoms with van der Waals surface area (Å²) in [5, 5.41) is 0.582. The van der Waals surface area contributed by atoms with E-state index >= 15 is 0 Å². The van der Waals surface area contributed by atoms with E-state index in [1.807, 2.05) is 0 Å². The van der Waals surface area contributed by atoms with Crippen LogP contribution < -0.4 is 5.69 Å². The minimum Gasteiger partial charge on any atom is -0.302 e. The molecule has 1 aromatic heterocycles. The van der Waals surface area contributed by atoms with Crippen molar-refractivity contribution in [2.45, 2.75) is 6.54 Å². The van der Waals surface area contributed by atoms with Gasteiger partial charge in [-0.3, -0.25) is 9.36 Å². The van der Waals surface area contributed by atoms with Crippen LogP contribution in [0.25, 0.3) is 0 Å². The average molecular weight is 251 g/mol. The molecule has 0 radical (unpaired) electrons.